The second kappa shape index (κ2) is 6.04. The molecule has 2 aliphatic rings. The number of hydrogen-bond acceptors (Lipinski definition) is 5. The van der Waals surface area contributed by atoms with Crippen LogP contribution in [0.15, 0.2) is 29.2 Å². The first kappa shape index (κ1) is 15.0. The molecule has 1 fully saturated rings. The Kier molecular flexibility index (Phi) is 4.31. The highest BCUT2D eigenvalue weighted by Gasteiger charge is 2.33. The molecule has 1 atom stereocenters. The van der Waals surface area contributed by atoms with Crippen molar-refractivity contribution in [2.24, 2.45) is 0 Å². The van der Waals surface area contributed by atoms with Crippen molar-refractivity contribution in [1.82, 2.24) is 15.1 Å². The molecule has 1 aromatic rings. The molecule has 0 saturated carbocycles. The second-order valence-corrected chi connectivity index (χ2v) is 7.97. The first-order valence-electron chi connectivity index (χ1n) is 7.52. The Hall–Kier alpha value is -0.950. The zero-order chi connectivity index (χ0) is 14.9. The maximum Gasteiger partial charge on any atom is 0.180 e. The fraction of sp³-hybridized carbons (Fsp3) is 0.600. The molecule has 2 heterocycles. The summed E-state index contributed by atoms with van der Waals surface area (Å²) in [5.74, 6) is 0.190. The van der Waals surface area contributed by atoms with E-state index in [0.717, 1.165) is 44.8 Å². The summed E-state index contributed by atoms with van der Waals surface area (Å²) in [5.41, 5.74) is 0.927. The summed E-state index contributed by atoms with van der Waals surface area (Å²) in [6.07, 6.45) is 0. The molecule has 0 bridgehead atoms. The van der Waals surface area contributed by atoms with E-state index in [-0.39, 0.29) is 11.8 Å². The number of likely N-dealkylation sites (N-methyl/N-ethyl adjacent to an activating group) is 1. The lowest BCUT2D eigenvalue weighted by Crippen LogP contribution is -2.46. The van der Waals surface area contributed by atoms with E-state index in [4.69, 9.17) is 0 Å². The van der Waals surface area contributed by atoms with Crippen molar-refractivity contribution in [3.05, 3.63) is 29.8 Å². The van der Waals surface area contributed by atoms with Gasteiger partial charge >= 0.3 is 0 Å². The van der Waals surface area contributed by atoms with E-state index in [2.05, 4.69) is 22.2 Å². The van der Waals surface area contributed by atoms with E-state index in [1.54, 1.807) is 12.1 Å². The second-order valence-electron chi connectivity index (χ2n) is 5.97. The van der Waals surface area contributed by atoms with E-state index in [1.165, 1.54) is 0 Å². The van der Waals surface area contributed by atoms with Gasteiger partial charge in [-0.3, -0.25) is 4.90 Å². The number of sulfone groups is 1. The van der Waals surface area contributed by atoms with Crippen LogP contribution in [0.1, 0.15) is 11.6 Å². The smallest absolute Gasteiger partial charge is 0.180 e. The molecular formula is C15H23N3O2S. The molecule has 5 nitrogen and oxygen atoms in total. The summed E-state index contributed by atoms with van der Waals surface area (Å²) in [7, 11) is -0.951. The van der Waals surface area contributed by atoms with Crippen LogP contribution in [0.2, 0.25) is 0 Å². The molecule has 0 amide bonds. The Morgan fingerprint density at radius 1 is 1.19 bits per heavy atom. The van der Waals surface area contributed by atoms with Gasteiger partial charge in [-0.1, -0.05) is 18.2 Å². The highest BCUT2D eigenvalue weighted by molar-refractivity contribution is 7.91. The standard InChI is InChI=1S/C15H23N3O2S/c1-17-8-10-18(11-9-17)7-6-16-14-12-21(19,20)15-5-3-2-4-13(14)15/h2-5,14,16H,6-12H2,1H3. The van der Waals surface area contributed by atoms with Gasteiger partial charge in [-0.25, -0.2) is 8.42 Å². The first-order chi connectivity index (χ1) is 10.1. The number of nitrogens with zero attached hydrogens (tertiary/aromatic N) is 2. The minimum Gasteiger partial charge on any atom is -0.308 e. The first-order valence-corrected chi connectivity index (χ1v) is 9.17. The van der Waals surface area contributed by atoms with Crippen LogP contribution in [0, 0.1) is 0 Å². The highest BCUT2D eigenvalue weighted by Crippen LogP contribution is 2.32. The van der Waals surface area contributed by atoms with Gasteiger partial charge in [-0.2, -0.15) is 0 Å². The maximum absolute atomic E-state index is 12.1. The molecule has 0 spiro atoms. The summed E-state index contributed by atoms with van der Waals surface area (Å²) >= 11 is 0. The lowest BCUT2D eigenvalue weighted by molar-refractivity contribution is 0.154. The van der Waals surface area contributed by atoms with Gasteiger partial charge in [-0.05, 0) is 18.7 Å². The van der Waals surface area contributed by atoms with Gasteiger partial charge in [0.2, 0.25) is 0 Å². The molecule has 1 unspecified atom stereocenters. The molecule has 1 aromatic carbocycles. The fourth-order valence-corrected chi connectivity index (χ4v) is 4.86. The molecule has 21 heavy (non-hydrogen) atoms. The zero-order valence-electron chi connectivity index (χ0n) is 12.5. The van der Waals surface area contributed by atoms with Gasteiger partial charge in [-0.15, -0.1) is 0 Å². The minimum absolute atomic E-state index is 0.0568. The van der Waals surface area contributed by atoms with Gasteiger partial charge in [0, 0.05) is 45.3 Å². The van der Waals surface area contributed by atoms with Crippen LogP contribution in [-0.2, 0) is 9.84 Å². The molecule has 6 heteroatoms. The summed E-state index contributed by atoms with van der Waals surface area (Å²) < 4.78 is 24.2. The predicted molar refractivity (Wildman–Crippen MR) is 83.2 cm³/mol. The van der Waals surface area contributed by atoms with E-state index in [9.17, 15) is 8.42 Å². The Morgan fingerprint density at radius 2 is 1.90 bits per heavy atom. The largest absolute Gasteiger partial charge is 0.308 e. The van der Waals surface area contributed by atoms with Crippen molar-refractivity contribution in [2.75, 3.05) is 52.1 Å². The molecular weight excluding hydrogens is 286 g/mol. The lowest BCUT2D eigenvalue weighted by atomic mass is 10.1. The van der Waals surface area contributed by atoms with Crippen molar-refractivity contribution < 1.29 is 8.42 Å². The van der Waals surface area contributed by atoms with Gasteiger partial charge in [0.15, 0.2) is 9.84 Å². The van der Waals surface area contributed by atoms with Crippen LogP contribution in [0.3, 0.4) is 0 Å². The van der Waals surface area contributed by atoms with Crippen molar-refractivity contribution >= 4 is 9.84 Å². The molecule has 0 aliphatic carbocycles. The van der Waals surface area contributed by atoms with E-state index < -0.39 is 9.84 Å². The molecule has 1 N–H and O–H groups in total. The van der Waals surface area contributed by atoms with Crippen molar-refractivity contribution in [3.8, 4) is 0 Å². The number of benzene rings is 1. The molecule has 2 aliphatic heterocycles. The Morgan fingerprint density at radius 3 is 2.67 bits per heavy atom. The molecule has 116 valence electrons. The molecule has 0 radical (unpaired) electrons. The van der Waals surface area contributed by atoms with Crippen molar-refractivity contribution in [2.45, 2.75) is 10.9 Å². The van der Waals surface area contributed by atoms with Gasteiger partial charge < -0.3 is 10.2 Å². The number of hydrogen-bond donors (Lipinski definition) is 1. The summed E-state index contributed by atoms with van der Waals surface area (Å²) in [6, 6.07) is 7.29. The number of nitrogens with one attached hydrogen (secondary N) is 1. The zero-order valence-corrected chi connectivity index (χ0v) is 13.3. The third-order valence-electron chi connectivity index (χ3n) is 4.43. The average molecular weight is 309 g/mol. The summed E-state index contributed by atoms with van der Waals surface area (Å²) in [6.45, 7) is 6.22. The van der Waals surface area contributed by atoms with Gasteiger partial charge in [0.05, 0.1) is 10.6 Å². The van der Waals surface area contributed by atoms with Crippen LogP contribution in [-0.4, -0.2) is 70.3 Å². The minimum atomic E-state index is -3.10. The van der Waals surface area contributed by atoms with E-state index in [1.807, 2.05) is 12.1 Å². The summed E-state index contributed by atoms with van der Waals surface area (Å²) in [4.78, 5) is 5.27. The topological polar surface area (TPSA) is 52.6 Å². The number of piperazine rings is 1. The van der Waals surface area contributed by atoms with Crippen LogP contribution in [0.5, 0.6) is 0 Å². The van der Waals surface area contributed by atoms with E-state index >= 15 is 0 Å². The highest BCUT2D eigenvalue weighted by atomic mass is 32.2. The molecule has 3 rings (SSSR count). The van der Waals surface area contributed by atoms with Gasteiger partial charge in [0.25, 0.3) is 0 Å². The normalized spacial score (nSPS) is 25.9. The maximum atomic E-state index is 12.1. The average Bonchev–Trinajstić information content (AvgIpc) is 2.73. The van der Waals surface area contributed by atoms with Crippen LogP contribution in [0.4, 0.5) is 0 Å². The Bertz CT molecular complexity index is 595. The van der Waals surface area contributed by atoms with Crippen LogP contribution in [0.25, 0.3) is 0 Å². The van der Waals surface area contributed by atoms with Crippen LogP contribution >= 0.6 is 0 Å². The quantitative estimate of drug-likeness (QED) is 0.870. The Balaban J connectivity index is 1.55. The third-order valence-corrected chi connectivity index (χ3v) is 6.24. The summed E-state index contributed by atoms with van der Waals surface area (Å²) in [5, 5.41) is 3.42. The van der Waals surface area contributed by atoms with E-state index in [0.29, 0.717) is 4.90 Å². The molecule has 1 saturated heterocycles. The SMILES string of the molecule is CN1CCN(CCNC2CS(=O)(=O)c3ccccc32)CC1. The lowest BCUT2D eigenvalue weighted by Gasteiger charge is -2.32. The predicted octanol–water partition coefficient (Wildman–Crippen LogP) is 0.352. The van der Waals surface area contributed by atoms with Gasteiger partial charge in [0.1, 0.15) is 0 Å². The number of rotatable bonds is 4. The monoisotopic (exact) mass is 309 g/mol. The Labute approximate surface area is 126 Å². The van der Waals surface area contributed by atoms with Crippen LogP contribution < -0.4 is 5.32 Å². The van der Waals surface area contributed by atoms with Crippen molar-refractivity contribution in [1.29, 1.82) is 0 Å². The van der Waals surface area contributed by atoms with Crippen molar-refractivity contribution in [3.63, 3.8) is 0 Å². The molecule has 0 aromatic heterocycles. The number of fused-ring (bicyclic) bond motifs is 1. The third kappa shape index (κ3) is 3.29. The fourth-order valence-electron chi connectivity index (χ4n) is 3.09.